The van der Waals surface area contributed by atoms with Crippen LogP contribution in [0.3, 0.4) is 0 Å². The van der Waals surface area contributed by atoms with Crippen LogP contribution in [0.4, 0.5) is 20.6 Å². The highest BCUT2D eigenvalue weighted by atomic mass is 19.1. The molecule has 4 rings (SSSR count). The van der Waals surface area contributed by atoms with Crippen molar-refractivity contribution in [3.63, 3.8) is 0 Å². The van der Waals surface area contributed by atoms with Crippen molar-refractivity contribution < 1.29 is 23.1 Å². The molecule has 0 aliphatic carbocycles. The maximum absolute atomic E-state index is 13.4. The molecule has 2 aromatic carbocycles. The summed E-state index contributed by atoms with van der Waals surface area (Å²) < 4.78 is 24.0. The van der Waals surface area contributed by atoms with Crippen molar-refractivity contribution in [3.8, 4) is 0 Å². The fraction of sp³-hybridized carbons (Fsp3) is 0.250. The summed E-state index contributed by atoms with van der Waals surface area (Å²) in [4.78, 5) is 25.0. The van der Waals surface area contributed by atoms with E-state index in [9.17, 15) is 14.0 Å². The average Bonchev–Trinajstić information content (AvgIpc) is 3.32. The number of rotatable bonds is 5. The van der Waals surface area contributed by atoms with Gasteiger partial charge in [-0.25, -0.2) is 9.18 Å². The lowest BCUT2D eigenvalue weighted by Gasteiger charge is -2.38. The molecular weight excluding hydrogens is 413 g/mol. The summed E-state index contributed by atoms with van der Waals surface area (Å²) in [6, 6.07) is 14.2. The maximum atomic E-state index is 13.4. The van der Waals surface area contributed by atoms with Gasteiger partial charge in [0.25, 0.3) is 5.91 Å². The number of nitrogens with one attached hydrogen (secondary N) is 3. The molecular formula is C24H24FN3O4. The first kappa shape index (κ1) is 21.6. The predicted octanol–water partition coefficient (Wildman–Crippen LogP) is 4.81. The zero-order chi connectivity index (χ0) is 22.6. The van der Waals surface area contributed by atoms with Gasteiger partial charge in [-0.1, -0.05) is 12.1 Å². The third kappa shape index (κ3) is 4.81. The molecule has 2 heterocycles. The Hall–Kier alpha value is -3.65. The zero-order valence-electron chi connectivity index (χ0n) is 17.6. The third-order valence-electron chi connectivity index (χ3n) is 5.57. The lowest BCUT2D eigenvalue weighted by molar-refractivity contribution is 0.0417. The van der Waals surface area contributed by atoms with E-state index in [1.165, 1.54) is 18.4 Å². The highest BCUT2D eigenvalue weighted by molar-refractivity contribution is 6.02. The standard InChI is InChI=1S/C24H24FN3O4/c1-16-15-19(8-9-20(16)27-22(29)21-3-2-12-32-21)26-23(30)28-24(10-13-31-14-11-24)17-4-6-18(25)7-5-17/h2-9,12,15H,10-11,13-14H2,1H3,(H,27,29)(H2,26,28,30). The van der Waals surface area contributed by atoms with Crippen LogP contribution in [0.2, 0.25) is 0 Å². The van der Waals surface area contributed by atoms with Gasteiger partial charge in [0.15, 0.2) is 5.76 Å². The van der Waals surface area contributed by atoms with Crippen LogP contribution >= 0.6 is 0 Å². The number of hydrogen-bond donors (Lipinski definition) is 3. The fourth-order valence-corrected chi connectivity index (χ4v) is 3.83. The van der Waals surface area contributed by atoms with Crippen LogP contribution in [0.1, 0.15) is 34.5 Å². The minimum Gasteiger partial charge on any atom is -0.459 e. The molecule has 1 aliphatic heterocycles. The van der Waals surface area contributed by atoms with E-state index in [0.717, 1.165) is 11.1 Å². The lowest BCUT2D eigenvalue weighted by atomic mass is 9.83. The van der Waals surface area contributed by atoms with Gasteiger partial charge < -0.3 is 25.1 Å². The van der Waals surface area contributed by atoms with Crippen molar-refractivity contribution >= 4 is 23.3 Å². The Kier molecular flexibility index (Phi) is 6.23. The van der Waals surface area contributed by atoms with Crippen LogP contribution in [0.5, 0.6) is 0 Å². The van der Waals surface area contributed by atoms with Gasteiger partial charge in [0.1, 0.15) is 5.82 Å². The first-order valence-electron chi connectivity index (χ1n) is 10.3. The largest absolute Gasteiger partial charge is 0.459 e. The van der Waals surface area contributed by atoms with Crippen molar-refractivity contribution in [2.75, 3.05) is 23.8 Å². The van der Waals surface area contributed by atoms with Crippen molar-refractivity contribution in [1.29, 1.82) is 0 Å². The minimum absolute atomic E-state index is 0.216. The highest BCUT2D eigenvalue weighted by Crippen LogP contribution is 2.32. The fourth-order valence-electron chi connectivity index (χ4n) is 3.83. The maximum Gasteiger partial charge on any atom is 0.319 e. The van der Waals surface area contributed by atoms with E-state index in [0.29, 0.717) is 37.4 Å². The van der Waals surface area contributed by atoms with Crippen molar-refractivity contribution in [3.05, 3.63) is 83.6 Å². The Bertz CT molecular complexity index is 1090. The Morgan fingerprint density at radius 1 is 1.00 bits per heavy atom. The summed E-state index contributed by atoms with van der Waals surface area (Å²) in [5.41, 5.74) is 2.18. The van der Waals surface area contributed by atoms with E-state index >= 15 is 0 Å². The van der Waals surface area contributed by atoms with Crippen LogP contribution < -0.4 is 16.0 Å². The molecule has 0 unspecified atom stereocenters. The van der Waals surface area contributed by atoms with Gasteiger partial charge in [0.05, 0.1) is 11.8 Å². The summed E-state index contributed by atoms with van der Waals surface area (Å²) in [6.45, 7) is 2.83. The third-order valence-corrected chi connectivity index (χ3v) is 5.57. The molecule has 3 amide bonds. The van der Waals surface area contributed by atoms with Crippen LogP contribution in [0.25, 0.3) is 0 Å². The number of carbonyl (C=O) groups is 2. The number of amides is 3. The summed E-state index contributed by atoms with van der Waals surface area (Å²) in [6.07, 6.45) is 2.61. The van der Waals surface area contributed by atoms with E-state index in [-0.39, 0.29) is 23.5 Å². The van der Waals surface area contributed by atoms with E-state index in [1.807, 2.05) is 6.92 Å². The van der Waals surface area contributed by atoms with E-state index < -0.39 is 5.54 Å². The monoisotopic (exact) mass is 437 g/mol. The van der Waals surface area contributed by atoms with Crippen molar-refractivity contribution in [2.45, 2.75) is 25.3 Å². The van der Waals surface area contributed by atoms with Crippen molar-refractivity contribution in [2.24, 2.45) is 0 Å². The van der Waals surface area contributed by atoms with E-state index in [2.05, 4.69) is 16.0 Å². The molecule has 32 heavy (non-hydrogen) atoms. The minimum atomic E-state index is -0.637. The van der Waals surface area contributed by atoms with Crippen molar-refractivity contribution in [1.82, 2.24) is 5.32 Å². The van der Waals surface area contributed by atoms with Gasteiger partial charge in [0.2, 0.25) is 0 Å². The number of halogens is 1. The van der Waals surface area contributed by atoms with Gasteiger partial charge in [-0.2, -0.15) is 0 Å². The van der Waals surface area contributed by atoms with Gasteiger partial charge in [-0.3, -0.25) is 4.79 Å². The Morgan fingerprint density at radius 2 is 1.75 bits per heavy atom. The first-order valence-corrected chi connectivity index (χ1v) is 10.3. The normalized spacial score (nSPS) is 15.1. The molecule has 8 heteroatoms. The number of carbonyl (C=O) groups excluding carboxylic acids is 2. The molecule has 3 N–H and O–H groups in total. The molecule has 0 spiro atoms. The molecule has 0 saturated carbocycles. The molecule has 0 bridgehead atoms. The molecule has 1 fully saturated rings. The lowest BCUT2D eigenvalue weighted by Crippen LogP contribution is -2.50. The topological polar surface area (TPSA) is 92.6 Å². The Balaban J connectivity index is 1.45. The van der Waals surface area contributed by atoms with E-state index in [4.69, 9.17) is 9.15 Å². The average molecular weight is 437 g/mol. The Morgan fingerprint density at radius 3 is 2.41 bits per heavy atom. The predicted molar refractivity (Wildman–Crippen MR) is 118 cm³/mol. The molecule has 166 valence electrons. The molecule has 0 radical (unpaired) electrons. The van der Waals surface area contributed by atoms with Gasteiger partial charge >= 0.3 is 6.03 Å². The second kappa shape index (κ2) is 9.23. The second-order valence-corrected chi connectivity index (χ2v) is 7.74. The number of anilines is 2. The Labute approximate surface area is 185 Å². The molecule has 1 aliphatic rings. The van der Waals surface area contributed by atoms with Crippen LogP contribution in [-0.4, -0.2) is 25.2 Å². The number of ether oxygens (including phenoxy) is 1. The van der Waals surface area contributed by atoms with Crippen LogP contribution in [0, 0.1) is 12.7 Å². The number of hydrogen-bond acceptors (Lipinski definition) is 4. The first-order chi connectivity index (χ1) is 15.4. The molecule has 3 aromatic rings. The number of benzene rings is 2. The quantitative estimate of drug-likeness (QED) is 0.534. The number of aryl methyl sites for hydroxylation is 1. The van der Waals surface area contributed by atoms with Crippen LogP contribution in [0.15, 0.2) is 65.3 Å². The molecule has 0 atom stereocenters. The summed E-state index contributed by atoms with van der Waals surface area (Å²) in [7, 11) is 0. The highest BCUT2D eigenvalue weighted by Gasteiger charge is 2.36. The van der Waals surface area contributed by atoms with Crippen LogP contribution in [-0.2, 0) is 10.3 Å². The van der Waals surface area contributed by atoms with Gasteiger partial charge in [-0.15, -0.1) is 0 Å². The summed E-state index contributed by atoms with van der Waals surface area (Å²) in [5.74, 6) is -0.457. The molecule has 1 saturated heterocycles. The van der Waals surface area contributed by atoms with Gasteiger partial charge in [0, 0.05) is 24.6 Å². The SMILES string of the molecule is Cc1cc(NC(=O)NC2(c3ccc(F)cc3)CCOCC2)ccc1NC(=O)c1ccco1. The van der Waals surface area contributed by atoms with E-state index in [1.54, 1.807) is 42.5 Å². The number of urea groups is 1. The summed E-state index contributed by atoms with van der Waals surface area (Å²) in [5, 5.41) is 8.70. The molecule has 7 nitrogen and oxygen atoms in total. The van der Waals surface area contributed by atoms with Gasteiger partial charge in [-0.05, 0) is 73.4 Å². The summed E-state index contributed by atoms with van der Waals surface area (Å²) >= 11 is 0. The molecule has 1 aromatic heterocycles. The smallest absolute Gasteiger partial charge is 0.319 e. The number of furan rings is 1. The zero-order valence-corrected chi connectivity index (χ0v) is 17.6. The second-order valence-electron chi connectivity index (χ2n) is 7.74.